The zero-order valence-electron chi connectivity index (χ0n) is 10.1. The Hall–Kier alpha value is -0.940. The molecule has 2 rings (SSSR count). The zero-order chi connectivity index (χ0) is 13.1. The van der Waals surface area contributed by atoms with Crippen molar-refractivity contribution >= 4 is 21.8 Å². The highest BCUT2D eigenvalue weighted by Gasteiger charge is 2.24. The van der Waals surface area contributed by atoms with Gasteiger partial charge in [-0.1, -0.05) is 15.9 Å². The van der Waals surface area contributed by atoms with E-state index in [-0.39, 0.29) is 17.5 Å². The van der Waals surface area contributed by atoms with E-state index in [2.05, 4.69) is 21.2 Å². The molecule has 0 bridgehead atoms. The minimum Gasteiger partial charge on any atom is -0.381 e. The molecular formula is C13H15BrFNO2. The molecule has 1 N–H and O–H groups in total. The lowest BCUT2D eigenvalue weighted by Crippen LogP contribution is -2.38. The molecule has 18 heavy (non-hydrogen) atoms. The van der Waals surface area contributed by atoms with E-state index >= 15 is 0 Å². The molecule has 1 heterocycles. The highest BCUT2D eigenvalue weighted by atomic mass is 79.9. The Morgan fingerprint density at radius 2 is 2.39 bits per heavy atom. The molecule has 0 aromatic heterocycles. The summed E-state index contributed by atoms with van der Waals surface area (Å²) in [4.78, 5) is 12.0. The van der Waals surface area contributed by atoms with E-state index in [4.69, 9.17) is 4.74 Å². The summed E-state index contributed by atoms with van der Waals surface area (Å²) in [5, 5.41) is 2.83. The van der Waals surface area contributed by atoms with Gasteiger partial charge in [-0.25, -0.2) is 4.39 Å². The van der Waals surface area contributed by atoms with Gasteiger partial charge in [0.2, 0.25) is 0 Å². The van der Waals surface area contributed by atoms with E-state index in [1.54, 1.807) is 6.07 Å². The van der Waals surface area contributed by atoms with Crippen LogP contribution in [0.25, 0.3) is 0 Å². The van der Waals surface area contributed by atoms with Crippen molar-refractivity contribution in [2.45, 2.75) is 19.4 Å². The van der Waals surface area contributed by atoms with Gasteiger partial charge >= 0.3 is 0 Å². The lowest BCUT2D eigenvalue weighted by Gasteiger charge is -2.19. The maximum absolute atomic E-state index is 13.5. The molecule has 1 aromatic carbocycles. The molecule has 5 heteroatoms. The highest BCUT2D eigenvalue weighted by molar-refractivity contribution is 9.10. The van der Waals surface area contributed by atoms with Gasteiger partial charge in [-0.2, -0.15) is 0 Å². The van der Waals surface area contributed by atoms with E-state index in [9.17, 15) is 9.18 Å². The Morgan fingerprint density at radius 3 is 3.06 bits per heavy atom. The highest BCUT2D eigenvalue weighted by Crippen LogP contribution is 2.19. The largest absolute Gasteiger partial charge is 0.381 e. The monoisotopic (exact) mass is 315 g/mol. The Balaban J connectivity index is 2.04. The van der Waals surface area contributed by atoms with Gasteiger partial charge in [-0.15, -0.1) is 0 Å². The van der Waals surface area contributed by atoms with Gasteiger partial charge in [-0.3, -0.25) is 4.79 Å². The number of carbonyl (C=O) groups is 1. The summed E-state index contributed by atoms with van der Waals surface area (Å²) in [5.41, 5.74) is 0.0649. The van der Waals surface area contributed by atoms with Gasteiger partial charge in [0.05, 0.1) is 12.2 Å². The van der Waals surface area contributed by atoms with Gasteiger partial charge in [0.15, 0.2) is 0 Å². The van der Waals surface area contributed by atoms with Crippen molar-refractivity contribution in [3.63, 3.8) is 0 Å². The second kappa shape index (κ2) is 5.80. The lowest BCUT2D eigenvalue weighted by molar-refractivity contribution is 0.0918. The van der Waals surface area contributed by atoms with Crippen molar-refractivity contribution in [3.8, 4) is 0 Å². The van der Waals surface area contributed by atoms with Crippen LogP contribution < -0.4 is 5.32 Å². The number of halogens is 2. The molecule has 2 unspecified atom stereocenters. The van der Waals surface area contributed by atoms with Crippen molar-refractivity contribution in [1.82, 2.24) is 5.32 Å². The second-order valence-electron chi connectivity index (χ2n) is 4.51. The summed E-state index contributed by atoms with van der Waals surface area (Å²) in [7, 11) is 0. The van der Waals surface area contributed by atoms with E-state index in [0.29, 0.717) is 17.0 Å². The molecule has 0 radical (unpaired) electrons. The van der Waals surface area contributed by atoms with Crippen LogP contribution in [0.4, 0.5) is 4.39 Å². The van der Waals surface area contributed by atoms with Crippen LogP contribution in [-0.2, 0) is 4.74 Å². The number of rotatable bonds is 3. The summed E-state index contributed by atoms with van der Waals surface area (Å²) in [6.45, 7) is 3.31. The fourth-order valence-corrected chi connectivity index (χ4v) is 2.38. The molecule has 1 aliphatic rings. The van der Waals surface area contributed by atoms with E-state index in [0.717, 1.165) is 13.0 Å². The van der Waals surface area contributed by atoms with Crippen LogP contribution in [0.5, 0.6) is 0 Å². The third kappa shape index (κ3) is 3.09. The van der Waals surface area contributed by atoms with Crippen LogP contribution in [0.2, 0.25) is 0 Å². The molecule has 0 saturated carbocycles. The van der Waals surface area contributed by atoms with E-state index < -0.39 is 5.82 Å². The predicted molar refractivity (Wildman–Crippen MR) is 70.0 cm³/mol. The zero-order valence-corrected chi connectivity index (χ0v) is 11.7. The van der Waals surface area contributed by atoms with Crippen LogP contribution in [0, 0.1) is 11.7 Å². The maximum atomic E-state index is 13.5. The maximum Gasteiger partial charge on any atom is 0.254 e. The first kappa shape index (κ1) is 13.5. The SMILES string of the molecule is CC(NC(=O)c1cc(Br)ccc1F)C1CCOC1. The lowest BCUT2D eigenvalue weighted by atomic mass is 10.0. The third-order valence-electron chi connectivity index (χ3n) is 3.20. The number of benzene rings is 1. The predicted octanol–water partition coefficient (Wildman–Crippen LogP) is 2.74. The van der Waals surface area contributed by atoms with Gasteiger partial charge < -0.3 is 10.1 Å². The fourth-order valence-electron chi connectivity index (χ4n) is 2.02. The Kier molecular flexibility index (Phi) is 4.35. The Labute approximate surface area is 114 Å². The van der Waals surface area contributed by atoms with E-state index in [1.807, 2.05) is 6.92 Å². The third-order valence-corrected chi connectivity index (χ3v) is 3.70. The number of hydrogen-bond acceptors (Lipinski definition) is 2. The summed E-state index contributed by atoms with van der Waals surface area (Å²) >= 11 is 3.23. The van der Waals surface area contributed by atoms with Gasteiger partial charge in [0.25, 0.3) is 5.91 Å². The van der Waals surface area contributed by atoms with Gasteiger partial charge in [0, 0.05) is 23.0 Å². The molecule has 1 aliphatic heterocycles. The summed E-state index contributed by atoms with van der Waals surface area (Å²) < 4.78 is 19.5. The number of amides is 1. The Morgan fingerprint density at radius 1 is 1.61 bits per heavy atom. The minimum absolute atomic E-state index is 0.0154. The number of carbonyl (C=O) groups excluding carboxylic acids is 1. The first-order chi connectivity index (χ1) is 8.58. The van der Waals surface area contributed by atoms with Crippen molar-refractivity contribution in [2.75, 3.05) is 13.2 Å². The molecule has 1 amide bonds. The van der Waals surface area contributed by atoms with Crippen LogP contribution in [0.15, 0.2) is 22.7 Å². The van der Waals surface area contributed by atoms with Crippen molar-refractivity contribution in [2.24, 2.45) is 5.92 Å². The fraction of sp³-hybridized carbons (Fsp3) is 0.462. The van der Waals surface area contributed by atoms with Gasteiger partial charge in [0.1, 0.15) is 5.82 Å². The molecular weight excluding hydrogens is 301 g/mol. The molecule has 1 aromatic rings. The van der Waals surface area contributed by atoms with Crippen LogP contribution in [0.3, 0.4) is 0 Å². The summed E-state index contributed by atoms with van der Waals surface area (Å²) in [5.74, 6) is -0.581. The second-order valence-corrected chi connectivity index (χ2v) is 5.43. The molecule has 1 saturated heterocycles. The van der Waals surface area contributed by atoms with Crippen molar-refractivity contribution < 1.29 is 13.9 Å². The summed E-state index contributed by atoms with van der Waals surface area (Å²) in [6.07, 6.45) is 0.933. The number of nitrogens with one attached hydrogen (secondary N) is 1. The standard InChI is InChI=1S/C13H15BrFNO2/c1-8(9-4-5-18-7-9)16-13(17)11-6-10(14)2-3-12(11)15/h2-3,6,8-9H,4-5,7H2,1H3,(H,16,17). The Bertz CT molecular complexity index is 447. The average Bonchev–Trinajstić information content (AvgIpc) is 2.85. The summed E-state index contributed by atoms with van der Waals surface area (Å²) in [6, 6.07) is 4.32. The molecule has 0 spiro atoms. The molecule has 2 atom stereocenters. The first-order valence-corrected chi connectivity index (χ1v) is 6.71. The minimum atomic E-state index is -0.509. The number of hydrogen-bond donors (Lipinski definition) is 1. The average molecular weight is 316 g/mol. The molecule has 98 valence electrons. The normalized spacial score (nSPS) is 20.7. The van der Waals surface area contributed by atoms with Crippen LogP contribution >= 0.6 is 15.9 Å². The van der Waals surface area contributed by atoms with Gasteiger partial charge in [-0.05, 0) is 31.5 Å². The van der Waals surface area contributed by atoms with Crippen molar-refractivity contribution in [1.29, 1.82) is 0 Å². The number of ether oxygens (including phenoxy) is 1. The van der Waals surface area contributed by atoms with Crippen molar-refractivity contribution in [3.05, 3.63) is 34.1 Å². The topological polar surface area (TPSA) is 38.3 Å². The molecule has 1 fully saturated rings. The first-order valence-electron chi connectivity index (χ1n) is 5.91. The van der Waals surface area contributed by atoms with Crippen LogP contribution in [-0.4, -0.2) is 25.2 Å². The molecule has 0 aliphatic carbocycles. The quantitative estimate of drug-likeness (QED) is 0.931. The van der Waals surface area contributed by atoms with Crippen LogP contribution in [0.1, 0.15) is 23.7 Å². The van der Waals surface area contributed by atoms with E-state index in [1.165, 1.54) is 12.1 Å². The smallest absolute Gasteiger partial charge is 0.254 e. The molecule has 3 nitrogen and oxygen atoms in total.